The summed E-state index contributed by atoms with van der Waals surface area (Å²) in [4.78, 5) is 12.3. The second-order valence-electron chi connectivity index (χ2n) is 4.88. The number of ether oxygens (including phenoxy) is 1. The number of rotatable bonds is 5. The van der Waals surface area contributed by atoms with Gasteiger partial charge in [0.05, 0.1) is 6.61 Å². The molecule has 2 aromatic rings. The number of hydrogen-bond donors (Lipinski definition) is 2. The van der Waals surface area contributed by atoms with Gasteiger partial charge in [0.15, 0.2) is 0 Å². The lowest BCUT2D eigenvalue weighted by Crippen LogP contribution is -2.27. The Morgan fingerprint density at radius 2 is 1.68 bits per heavy atom. The average Bonchev–Trinajstić information content (AvgIpc) is 2.94. The van der Waals surface area contributed by atoms with Crippen LogP contribution in [0.5, 0.6) is 0 Å². The van der Waals surface area contributed by atoms with Crippen LogP contribution < -0.4 is 10.0 Å². The van der Waals surface area contributed by atoms with E-state index in [-0.39, 0.29) is 17.8 Å². The Hall–Kier alpha value is -2.05. The molecular weight excluding hydrogens is 303 g/mol. The molecule has 6 heteroatoms. The van der Waals surface area contributed by atoms with Gasteiger partial charge in [-0.2, -0.15) is 0 Å². The van der Waals surface area contributed by atoms with E-state index in [1.54, 1.807) is 12.1 Å². The van der Waals surface area contributed by atoms with E-state index in [1.807, 2.05) is 24.3 Å². The van der Waals surface area contributed by atoms with E-state index in [4.69, 9.17) is 4.74 Å². The zero-order chi connectivity index (χ0) is 15.4. The maximum Gasteiger partial charge on any atom is 0.324 e. The van der Waals surface area contributed by atoms with Gasteiger partial charge in [-0.1, -0.05) is 0 Å². The lowest BCUT2D eigenvalue weighted by Gasteiger charge is -2.09. The fourth-order valence-electron chi connectivity index (χ4n) is 2.05. The summed E-state index contributed by atoms with van der Waals surface area (Å²) in [6, 6.07) is 13.7. The van der Waals surface area contributed by atoms with Gasteiger partial charge in [-0.15, -0.1) is 0 Å². The second kappa shape index (κ2) is 6.81. The lowest BCUT2D eigenvalue weighted by molar-refractivity contribution is -0.139. The third-order valence-corrected chi connectivity index (χ3v) is 4.15. The van der Waals surface area contributed by atoms with Gasteiger partial charge in [0.1, 0.15) is 11.9 Å². The fourth-order valence-corrected chi connectivity index (χ4v) is 2.81. The van der Waals surface area contributed by atoms with Crippen LogP contribution in [0.4, 0.5) is 15.8 Å². The van der Waals surface area contributed by atoms with Gasteiger partial charge >= 0.3 is 5.97 Å². The van der Waals surface area contributed by atoms with Crippen LogP contribution in [-0.4, -0.2) is 18.6 Å². The van der Waals surface area contributed by atoms with Crippen molar-refractivity contribution in [3.8, 4) is 0 Å². The minimum absolute atomic E-state index is 0.193. The molecule has 1 fully saturated rings. The average molecular weight is 318 g/mol. The van der Waals surface area contributed by atoms with Crippen molar-refractivity contribution in [3.05, 3.63) is 54.3 Å². The SMILES string of the molecule is O=C1OCCC1NSc1ccc(Nc2ccc(F)cc2)cc1. The van der Waals surface area contributed by atoms with Crippen molar-refractivity contribution >= 4 is 29.3 Å². The highest BCUT2D eigenvalue weighted by Crippen LogP contribution is 2.22. The smallest absolute Gasteiger partial charge is 0.324 e. The molecule has 22 heavy (non-hydrogen) atoms. The van der Waals surface area contributed by atoms with Gasteiger partial charge < -0.3 is 10.1 Å². The van der Waals surface area contributed by atoms with Gasteiger partial charge in [-0.3, -0.25) is 4.79 Å². The summed E-state index contributed by atoms with van der Waals surface area (Å²) in [6.45, 7) is 0.484. The molecule has 3 rings (SSSR count). The number of benzene rings is 2. The summed E-state index contributed by atoms with van der Waals surface area (Å²) in [6.07, 6.45) is 0.704. The molecule has 0 bridgehead atoms. The summed E-state index contributed by atoms with van der Waals surface area (Å²) < 4.78 is 20.8. The van der Waals surface area contributed by atoms with Crippen molar-refractivity contribution in [2.24, 2.45) is 0 Å². The van der Waals surface area contributed by atoms with Crippen molar-refractivity contribution in [3.63, 3.8) is 0 Å². The number of carbonyl (C=O) groups is 1. The largest absolute Gasteiger partial charge is 0.464 e. The molecule has 1 heterocycles. The highest BCUT2D eigenvalue weighted by atomic mass is 32.2. The first-order valence-corrected chi connectivity index (χ1v) is 7.74. The molecule has 0 saturated carbocycles. The van der Waals surface area contributed by atoms with E-state index in [1.165, 1.54) is 24.1 Å². The van der Waals surface area contributed by atoms with Gasteiger partial charge in [0, 0.05) is 22.7 Å². The molecule has 2 N–H and O–H groups in total. The molecule has 0 radical (unpaired) electrons. The number of nitrogens with one attached hydrogen (secondary N) is 2. The molecule has 1 unspecified atom stereocenters. The summed E-state index contributed by atoms with van der Waals surface area (Å²) in [5, 5.41) is 3.19. The standard InChI is InChI=1S/C16H15FN2O2S/c17-11-1-3-12(4-2-11)18-13-5-7-14(8-6-13)22-19-15-9-10-21-16(15)20/h1-8,15,18-19H,9-10H2. The van der Waals surface area contributed by atoms with Crippen molar-refractivity contribution < 1.29 is 13.9 Å². The van der Waals surface area contributed by atoms with Crippen LogP contribution in [0.2, 0.25) is 0 Å². The number of anilines is 2. The number of hydrogen-bond acceptors (Lipinski definition) is 5. The summed E-state index contributed by atoms with van der Waals surface area (Å²) in [5.74, 6) is -0.448. The van der Waals surface area contributed by atoms with Crippen LogP contribution >= 0.6 is 11.9 Å². The number of cyclic esters (lactones) is 1. The molecule has 2 aromatic carbocycles. The first-order chi connectivity index (χ1) is 10.7. The molecule has 1 aliphatic heterocycles. The highest BCUT2D eigenvalue weighted by molar-refractivity contribution is 7.97. The van der Waals surface area contributed by atoms with Crippen molar-refractivity contribution in [1.29, 1.82) is 0 Å². The normalized spacial score (nSPS) is 17.3. The molecule has 0 aromatic heterocycles. The Labute approximate surface area is 132 Å². The first kappa shape index (κ1) is 14.9. The predicted molar refractivity (Wildman–Crippen MR) is 84.5 cm³/mol. The molecule has 4 nitrogen and oxygen atoms in total. The van der Waals surface area contributed by atoms with Crippen molar-refractivity contribution in [2.45, 2.75) is 17.4 Å². The third kappa shape index (κ3) is 3.78. The molecule has 0 aliphatic carbocycles. The highest BCUT2D eigenvalue weighted by Gasteiger charge is 2.25. The minimum Gasteiger partial charge on any atom is -0.464 e. The lowest BCUT2D eigenvalue weighted by atomic mass is 10.2. The second-order valence-corrected chi connectivity index (χ2v) is 5.80. The van der Waals surface area contributed by atoms with E-state index in [0.717, 1.165) is 16.3 Å². The van der Waals surface area contributed by atoms with Gasteiger partial charge in [-0.05, 0) is 60.5 Å². The third-order valence-electron chi connectivity index (χ3n) is 3.24. The Balaban J connectivity index is 1.55. The van der Waals surface area contributed by atoms with Gasteiger partial charge in [0.2, 0.25) is 0 Å². The van der Waals surface area contributed by atoms with Gasteiger partial charge in [0.25, 0.3) is 0 Å². The molecule has 0 amide bonds. The number of carbonyl (C=O) groups excluding carboxylic acids is 1. The maximum atomic E-state index is 12.8. The summed E-state index contributed by atoms with van der Waals surface area (Å²) in [5.41, 5.74) is 1.74. The van der Waals surface area contributed by atoms with E-state index >= 15 is 0 Å². The monoisotopic (exact) mass is 318 g/mol. The number of halogens is 1. The molecule has 0 spiro atoms. The minimum atomic E-state index is -0.256. The first-order valence-electron chi connectivity index (χ1n) is 6.92. The van der Waals surface area contributed by atoms with E-state index in [0.29, 0.717) is 13.0 Å². The van der Waals surface area contributed by atoms with E-state index in [9.17, 15) is 9.18 Å². The molecule has 1 atom stereocenters. The van der Waals surface area contributed by atoms with Crippen LogP contribution in [0.1, 0.15) is 6.42 Å². The van der Waals surface area contributed by atoms with Crippen molar-refractivity contribution in [1.82, 2.24) is 4.72 Å². The Kier molecular flexibility index (Phi) is 4.60. The van der Waals surface area contributed by atoms with Crippen LogP contribution in [0.3, 0.4) is 0 Å². The van der Waals surface area contributed by atoms with E-state index < -0.39 is 0 Å². The fraction of sp³-hybridized carbons (Fsp3) is 0.188. The predicted octanol–water partition coefficient (Wildman–Crippen LogP) is 3.48. The Morgan fingerprint density at radius 3 is 2.27 bits per heavy atom. The zero-order valence-corrected chi connectivity index (χ0v) is 12.5. The van der Waals surface area contributed by atoms with Crippen LogP contribution in [0.25, 0.3) is 0 Å². The quantitative estimate of drug-likeness (QED) is 0.653. The number of esters is 1. The summed E-state index contributed by atoms with van der Waals surface area (Å²) >= 11 is 1.41. The molecule has 1 saturated heterocycles. The molecule has 1 aliphatic rings. The zero-order valence-electron chi connectivity index (χ0n) is 11.7. The topological polar surface area (TPSA) is 50.4 Å². The molecular formula is C16H15FN2O2S. The van der Waals surface area contributed by atoms with Crippen LogP contribution in [0.15, 0.2) is 53.4 Å². The maximum absolute atomic E-state index is 12.8. The van der Waals surface area contributed by atoms with Crippen molar-refractivity contribution in [2.75, 3.05) is 11.9 Å². The summed E-state index contributed by atoms with van der Waals surface area (Å²) in [7, 11) is 0. The van der Waals surface area contributed by atoms with E-state index in [2.05, 4.69) is 10.0 Å². The van der Waals surface area contributed by atoms with Crippen LogP contribution in [-0.2, 0) is 9.53 Å². The molecule has 114 valence electrons. The van der Waals surface area contributed by atoms with Gasteiger partial charge in [-0.25, -0.2) is 9.11 Å². The Bertz CT molecular complexity index is 646. The Morgan fingerprint density at radius 1 is 1.05 bits per heavy atom. The van der Waals surface area contributed by atoms with Crippen LogP contribution in [0, 0.1) is 5.82 Å².